The third-order valence-electron chi connectivity index (χ3n) is 3.61. The number of nitrogens with one attached hydrogen (secondary N) is 1. The van der Waals surface area contributed by atoms with E-state index in [9.17, 15) is 4.79 Å². The largest absolute Gasteiger partial charge is 0.396 e. The Morgan fingerprint density at radius 3 is 3.21 bits per heavy atom. The zero-order valence-electron chi connectivity index (χ0n) is 11.3. The fourth-order valence-electron chi connectivity index (χ4n) is 2.53. The van der Waals surface area contributed by atoms with Crippen molar-refractivity contribution in [2.75, 3.05) is 32.1 Å². The lowest BCUT2D eigenvalue weighted by Gasteiger charge is -2.32. The second kappa shape index (κ2) is 6.52. The number of carbonyl (C=O) groups excluding carboxylic acids is 1. The van der Waals surface area contributed by atoms with Gasteiger partial charge in [-0.3, -0.25) is 9.78 Å². The van der Waals surface area contributed by atoms with E-state index in [0.717, 1.165) is 38.0 Å². The van der Waals surface area contributed by atoms with Gasteiger partial charge in [-0.05, 0) is 37.3 Å². The van der Waals surface area contributed by atoms with Crippen LogP contribution in [0, 0.1) is 5.92 Å². The molecule has 0 saturated carbocycles. The van der Waals surface area contributed by atoms with Crippen LogP contribution in [-0.2, 0) is 0 Å². The number of aromatic nitrogens is 1. The Kier molecular flexibility index (Phi) is 4.74. The van der Waals surface area contributed by atoms with Gasteiger partial charge in [-0.1, -0.05) is 0 Å². The van der Waals surface area contributed by atoms with Crippen molar-refractivity contribution in [1.29, 1.82) is 0 Å². The highest BCUT2D eigenvalue weighted by molar-refractivity contribution is 5.93. The molecule has 104 valence electrons. The van der Waals surface area contributed by atoms with Crippen LogP contribution in [-0.4, -0.2) is 47.6 Å². The fraction of sp³-hybridized carbons (Fsp3) is 0.571. The van der Waals surface area contributed by atoms with Crippen LogP contribution >= 0.6 is 0 Å². The highest BCUT2D eigenvalue weighted by Crippen LogP contribution is 2.21. The molecule has 1 aliphatic heterocycles. The van der Waals surface area contributed by atoms with Crippen molar-refractivity contribution in [1.82, 2.24) is 9.88 Å². The summed E-state index contributed by atoms with van der Waals surface area (Å²) in [7, 11) is 1.82. The quantitative estimate of drug-likeness (QED) is 0.861. The molecule has 2 heterocycles. The van der Waals surface area contributed by atoms with Crippen molar-refractivity contribution in [2.24, 2.45) is 5.92 Å². The highest BCUT2D eigenvalue weighted by Gasteiger charge is 2.24. The molecule has 2 rings (SSSR count). The van der Waals surface area contributed by atoms with Gasteiger partial charge in [0.15, 0.2) is 0 Å². The molecule has 1 aliphatic rings. The topological polar surface area (TPSA) is 65.5 Å². The number of piperidine rings is 1. The summed E-state index contributed by atoms with van der Waals surface area (Å²) in [5, 5.41) is 12.0. The molecule has 0 bridgehead atoms. The lowest BCUT2D eigenvalue weighted by atomic mass is 9.95. The number of pyridine rings is 1. The van der Waals surface area contributed by atoms with Gasteiger partial charge in [-0.25, -0.2) is 0 Å². The number of carbonyl (C=O) groups is 1. The molecule has 0 aliphatic carbocycles. The van der Waals surface area contributed by atoms with Crippen LogP contribution in [0.4, 0.5) is 5.69 Å². The first kappa shape index (κ1) is 13.8. The van der Waals surface area contributed by atoms with Crippen molar-refractivity contribution in [3.05, 3.63) is 24.0 Å². The second-order valence-electron chi connectivity index (χ2n) is 4.95. The first-order chi connectivity index (χ1) is 9.24. The van der Waals surface area contributed by atoms with E-state index in [0.29, 0.717) is 11.6 Å². The highest BCUT2D eigenvalue weighted by atomic mass is 16.3. The van der Waals surface area contributed by atoms with E-state index in [1.807, 2.05) is 18.0 Å². The lowest BCUT2D eigenvalue weighted by Crippen LogP contribution is -2.40. The number of rotatable bonds is 4. The molecule has 1 saturated heterocycles. The zero-order valence-corrected chi connectivity index (χ0v) is 11.3. The number of nitrogens with zero attached hydrogens (tertiary/aromatic N) is 2. The predicted molar refractivity (Wildman–Crippen MR) is 74.1 cm³/mol. The number of hydrogen-bond acceptors (Lipinski definition) is 4. The molecule has 1 unspecified atom stereocenters. The monoisotopic (exact) mass is 263 g/mol. The van der Waals surface area contributed by atoms with Gasteiger partial charge in [0.05, 0.1) is 0 Å². The Bertz CT molecular complexity index is 434. The molecule has 5 heteroatoms. The average Bonchev–Trinajstić information content (AvgIpc) is 2.47. The van der Waals surface area contributed by atoms with E-state index in [-0.39, 0.29) is 12.5 Å². The molecule has 1 atom stereocenters. The minimum Gasteiger partial charge on any atom is -0.396 e. The Balaban J connectivity index is 2.05. The third-order valence-corrected chi connectivity index (χ3v) is 3.61. The maximum atomic E-state index is 12.4. The van der Waals surface area contributed by atoms with Gasteiger partial charge < -0.3 is 15.3 Å². The first-order valence-electron chi connectivity index (χ1n) is 6.78. The van der Waals surface area contributed by atoms with Crippen LogP contribution < -0.4 is 5.32 Å². The molecule has 0 aromatic carbocycles. The van der Waals surface area contributed by atoms with Crippen molar-refractivity contribution in [3.63, 3.8) is 0 Å². The molecule has 0 radical (unpaired) electrons. The molecule has 0 spiro atoms. The average molecular weight is 263 g/mol. The van der Waals surface area contributed by atoms with Gasteiger partial charge in [0.1, 0.15) is 5.69 Å². The fourth-order valence-corrected chi connectivity index (χ4v) is 2.53. The van der Waals surface area contributed by atoms with Crippen molar-refractivity contribution in [2.45, 2.75) is 19.3 Å². The van der Waals surface area contributed by atoms with Gasteiger partial charge >= 0.3 is 0 Å². The van der Waals surface area contributed by atoms with Crippen LogP contribution in [0.2, 0.25) is 0 Å². The minimum absolute atomic E-state index is 0.0141. The molecular weight excluding hydrogens is 242 g/mol. The van der Waals surface area contributed by atoms with E-state index in [2.05, 4.69) is 10.3 Å². The zero-order chi connectivity index (χ0) is 13.7. The van der Waals surface area contributed by atoms with Crippen LogP contribution in [0.15, 0.2) is 18.3 Å². The molecule has 1 fully saturated rings. The first-order valence-corrected chi connectivity index (χ1v) is 6.78. The van der Waals surface area contributed by atoms with E-state index >= 15 is 0 Å². The summed E-state index contributed by atoms with van der Waals surface area (Å²) in [4.78, 5) is 18.4. The van der Waals surface area contributed by atoms with Gasteiger partial charge in [0.2, 0.25) is 0 Å². The van der Waals surface area contributed by atoms with Crippen LogP contribution in [0.3, 0.4) is 0 Å². The molecule has 5 nitrogen and oxygen atoms in total. The second-order valence-corrected chi connectivity index (χ2v) is 4.95. The maximum absolute atomic E-state index is 12.4. The van der Waals surface area contributed by atoms with E-state index in [1.165, 1.54) is 0 Å². The standard InChI is InChI=1S/C14H21N3O2/c1-15-12-4-6-16-13(9-12)14(19)17-7-2-3-11(10-17)5-8-18/h4,6,9,11,18H,2-3,5,7-8,10H2,1H3,(H,15,16). The molecular formula is C14H21N3O2. The Morgan fingerprint density at radius 2 is 2.47 bits per heavy atom. The van der Waals surface area contributed by atoms with Crippen molar-refractivity contribution >= 4 is 11.6 Å². The Morgan fingerprint density at radius 1 is 1.63 bits per heavy atom. The predicted octanol–water partition coefficient (Wildman–Crippen LogP) is 1.36. The van der Waals surface area contributed by atoms with Gasteiger partial charge in [0.25, 0.3) is 5.91 Å². The summed E-state index contributed by atoms with van der Waals surface area (Å²) < 4.78 is 0. The SMILES string of the molecule is CNc1ccnc(C(=O)N2CCCC(CCO)C2)c1. The third kappa shape index (κ3) is 3.44. The molecule has 2 N–H and O–H groups in total. The van der Waals surface area contributed by atoms with Crippen LogP contribution in [0.25, 0.3) is 0 Å². The number of hydrogen-bond donors (Lipinski definition) is 2. The smallest absolute Gasteiger partial charge is 0.272 e. The summed E-state index contributed by atoms with van der Waals surface area (Å²) in [5.74, 6) is 0.398. The number of amides is 1. The van der Waals surface area contributed by atoms with Crippen LogP contribution in [0.5, 0.6) is 0 Å². The van der Waals surface area contributed by atoms with Gasteiger partial charge in [0, 0.05) is 38.6 Å². The Hall–Kier alpha value is -1.62. The van der Waals surface area contributed by atoms with E-state index in [1.54, 1.807) is 12.3 Å². The molecule has 1 aromatic rings. The van der Waals surface area contributed by atoms with Crippen LogP contribution in [0.1, 0.15) is 29.8 Å². The van der Waals surface area contributed by atoms with E-state index < -0.39 is 0 Å². The normalized spacial score (nSPS) is 19.3. The summed E-state index contributed by atoms with van der Waals surface area (Å²) in [6.07, 6.45) is 4.51. The molecule has 19 heavy (non-hydrogen) atoms. The lowest BCUT2D eigenvalue weighted by molar-refractivity contribution is 0.0648. The number of aliphatic hydroxyl groups excluding tert-OH is 1. The minimum atomic E-state index is -0.0141. The summed E-state index contributed by atoms with van der Waals surface area (Å²) in [6.45, 7) is 1.71. The summed E-state index contributed by atoms with van der Waals surface area (Å²) in [6, 6.07) is 3.61. The Labute approximate surface area is 113 Å². The van der Waals surface area contributed by atoms with E-state index in [4.69, 9.17) is 5.11 Å². The number of anilines is 1. The number of likely N-dealkylation sites (tertiary alicyclic amines) is 1. The number of aliphatic hydroxyl groups is 1. The molecule has 1 amide bonds. The molecule has 1 aromatic heterocycles. The summed E-state index contributed by atoms with van der Waals surface area (Å²) >= 11 is 0. The van der Waals surface area contributed by atoms with Gasteiger partial charge in [-0.2, -0.15) is 0 Å². The maximum Gasteiger partial charge on any atom is 0.272 e. The van der Waals surface area contributed by atoms with Gasteiger partial charge in [-0.15, -0.1) is 0 Å². The van der Waals surface area contributed by atoms with Crippen molar-refractivity contribution in [3.8, 4) is 0 Å². The van der Waals surface area contributed by atoms with Crippen molar-refractivity contribution < 1.29 is 9.90 Å². The summed E-state index contributed by atoms with van der Waals surface area (Å²) in [5.41, 5.74) is 1.37.